The van der Waals surface area contributed by atoms with E-state index in [1.165, 1.54) is 5.56 Å². The van der Waals surface area contributed by atoms with Gasteiger partial charge in [0.05, 0.1) is 0 Å². The van der Waals surface area contributed by atoms with E-state index in [0.29, 0.717) is 6.61 Å². The van der Waals surface area contributed by atoms with Gasteiger partial charge in [0.15, 0.2) is 0 Å². The van der Waals surface area contributed by atoms with Crippen LogP contribution in [0.25, 0.3) is 0 Å². The lowest BCUT2D eigenvalue weighted by Crippen LogP contribution is -2.37. The third-order valence-electron chi connectivity index (χ3n) is 2.90. The summed E-state index contributed by atoms with van der Waals surface area (Å²) in [6, 6.07) is 8.02. The largest absolute Gasteiger partial charge is 0.481 e. The molecule has 1 rings (SSSR count). The Bertz CT molecular complexity index is 373. The fourth-order valence-corrected chi connectivity index (χ4v) is 1.29. The van der Waals surface area contributed by atoms with E-state index in [1.54, 1.807) is 0 Å². The second-order valence-electron chi connectivity index (χ2n) is 4.73. The highest BCUT2D eigenvalue weighted by molar-refractivity contribution is 5.27. The number of benzene rings is 1. The van der Waals surface area contributed by atoms with E-state index >= 15 is 0 Å². The van der Waals surface area contributed by atoms with Gasteiger partial charge in [-0.1, -0.05) is 25.0 Å². The number of ether oxygens (including phenoxy) is 1. The zero-order valence-corrected chi connectivity index (χ0v) is 10.9. The van der Waals surface area contributed by atoms with Crippen LogP contribution in [0.1, 0.15) is 32.8 Å². The first-order chi connectivity index (χ1) is 8.07. The van der Waals surface area contributed by atoms with Gasteiger partial charge in [0.25, 0.3) is 0 Å². The van der Waals surface area contributed by atoms with Crippen LogP contribution in [-0.2, 0) is 6.54 Å². The van der Waals surface area contributed by atoms with Crippen molar-refractivity contribution in [1.82, 2.24) is 5.32 Å². The molecule has 1 aromatic carbocycles. The summed E-state index contributed by atoms with van der Waals surface area (Å²) in [6.45, 7) is 7.79. The molecule has 0 amide bonds. The number of nitrogens with one attached hydrogen (secondary N) is 1. The Morgan fingerprint density at radius 1 is 1.29 bits per heavy atom. The minimum Gasteiger partial charge on any atom is -0.481 e. The van der Waals surface area contributed by atoms with Crippen molar-refractivity contribution in [2.75, 3.05) is 6.61 Å². The molecule has 0 aliphatic heterocycles. The average Bonchev–Trinajstić information content (AvgIpc) is 2.35. The SMILES string of the molecule is C#CCOc1ccc(CNC(C)(C)CC)cc1. The molecule has 0 bridgehead atoms. The second-order valence-corrected chi connectivity index (χ2v) is 4.73. The summed E-state index contributed by atoms with van der Waals surface area (Å²) in [4.78, 5) is 0. The topological polar surface area (TPSA) is 21.3 Å². The smallest absolute Gasteiger partial charge is 0.148 e. The summed E-state index contributed by atoms with van der Waals surface area (Å²) in [5.74, 6) is 3.27. The third kappa shape index (κ3) is 4.93. The normalized spacial score (nSPS) is 10.9. The molecule has 1 aromatic rings. The maximum atomic E-state index is 5.32. The molecule has 0 aromatic heterocycles. The van der Waals surface area contributed by atoms with Crippen molar-refractivity contribution in [3.8, 4) is 18.1 Å². The molecule has 0 saturated carbocycles. The zero-order chi connectivity index (χ0) is 12.7. The van der Waals surface area contributed by atoms with E-state index in [0.717, 1.165) is 18.7 Å². The van der Waals surface area contributed by atoms with Crippen molar-refractivity contribution >= 4 is 0 Å². The second kappa shape index (κ2) is 6.32. The van der Waals surface area contributed by atoms with Gasteiger partial charge in [0, 0.05) is 12.1 Å². The lowest BCUT2D eigenvalue weighted by Gasteiger charge is -2.24. The van der Waals surface area contributed by atoms with Gasteiger partial charge in [-0.2, -0.15) is 0 Å². The quantitative estimate of drug-likeness (QED) is 0.760. The molecule has 92 valence electrons. The lowest BCUT2D eigenvalue weighted by atomic mass is 10.0. The van der Waals surface area contributed by atoms with Crippen LogP contribution in [0.3, 0.4) is 0 Å². The molecule has 0 fully saturated rings. The molecule has 0 spiro atoms. The van der Waals surface area contributed by atoms with Crippen molar-refractivity contribution in [3.05, 3.63) is 29.8 Å². The predicted octanol–water partition coefficient (Wildman–Crippen LogP) is 2.98. The highest BCUT2D eigenvalue weighted by Crippen LogP contribution is 2.13. The van der Waals surface area contributed by atoms with Crippen molar-refractivity contribution in [2.45, 2.75) is 39.3 Å². The van der Waals surface area contributed by atoms with Gasteiger partial charge in [-0.3, -0.25) is 0 Å². The average molecular weight is 231 g/mol. The molecule has 0 aliphatic carbocycles. The highest BCUT2D eigenvalue weighted by Gasteiger charge is 2.12. The van der Waals surface area contributed by atoms with Crippen LogP contribution < -0.4 is 10.1 Å². The van der Waals surface area contributed by atoms with Crippen LogP contribution in [0, 0.1) is 12.3 Å². The first-order valence-corrected chi connectivity index (χ1v) is 5.97. The molecule has 0 atom stereocenters. The Morgan fingerprint density at radius 3 is 2.47 bits per heavy atom. The number of hydrogen-bond donors (Lipinski definition) is 1. The van der Waals surface area contributed by atoms with E-state index < -0.39 is 0 Å². The highest BCUT2D eigenvalue weighted by atomic mass is 16.5. The maximum Gasteiger partial charge on any atom is 0.148 e. The van der Waals surface area contributed by atoms with Crippen LogP contribution in [0.15, 0.2) is 24.3 Å². The Kier molecular flexibility index (Phi) is 5.06. The van der Waals surface area contributed by atoms with Gasteiger partial charge < -0.3 is 10.1 Å². The summed E-state index contributed by atoms with van der Waals surface area (Å²) in [6.07, 6.45) is 6.24. The maximum absolute atomic E-state index is 5.32. The van der Waals surface area contributed by atoms with Crippen molar-refractivity contribution in [2.24, 2.45) is 0 Å². The Balaban J connectivity index is 2.49. The fourth-order valence-electron chi connectivity index (χ4n) is 1.29. The van der Waals surface area contributed by atoms with E-state index in [-0.39, 0.29) is 5.54 Å². The van der Waals surface area contributed by atoms with Gasteiger partial charge in [-0.05, 0) is 38.0 Å². The van der Waals surface area contributed by atoms with Gasteiger partial charge >= 0.3 is 0 Å². The molecular weight excluding hydrogens is 210 g/mol. The van der Waals surface area contributed by atoms with Crippen LogP contribution in [0.4, 0.5) is 0 Å². The Labute approximate surface area is 104 Å². The Hall–Kier alpha value is -1.46. The monoisotopic (exact) mass is 231 g/mol. The summed E-state index contributed by atoms with van der Waals surface area (Å²) in [5, 5.41) is 3.51. The van der Waals surface area contributed by atoms with E-state index in [1.807, 2.05) is 12.1 Å². The van der Waals surface area contributed by atoms with Crippen LogP contribution in [-0.4, -0.2) is 12.1 Å². The van der Waals surface area contributed by atoms with E-state index in [4.69, 9.17) is 11.2 Å². The fraction of sp³-hybridized carbons (Fsp3) is 0.467. The molecule has 2 nitrogen and oxygen atoms in total. The van der Waals surface area contributed by atoms with E-state index in [2.05, 4.69) is 44.1 Å². The van der Waals surface area contributed by atoms with Crippen LogP contribution in [0.2, 0.25) is 0 Å². The first-order valence-electron chi connectivity index (χ1n) is 5.97. The predicted molar refractivity (Wildman–Crippen MR) is 72.0 cm³/mol. The molecule has 0 unspecified atom stereocenters. The summed E-state index contributed by atoms with van der Waals surface area (Å²) < 4.78 is 5.32. The first kappa shape index (κ1) is 13.6. The summed E-state index contributed by atoms with van der Waals surface area (Å²) >= 11 is 0. The van der Waals surface area contributed by atoms with Gasteiger partial charge in [0.1, 0.15) is 12.4 Å². The standard InChI is InChI=1S/C15H21NO/c1-5-11-17-14-9-7-13(8-10-14)12-16-15(3,4)6-2/h1,7-10,16H,6,11-12H2,2-4H3. The Morgan fingerprint density at radius 2 is 1.94 bits per heavy atom. The minimum atomic E-state index is 0.179. The van der Waals surface area contributed by atoms with Crippen LogP contribution >= 0.6 is 0 Å². The molecule has 1 N–H and O–H groups in total. The van der Waals surface area contributed by atoms with Crippen molar-refractivity contribution < 1.29 is 4.74 Å². The van der Waals surface area contributed by atoms with Gasteiger partial charge in [-0.25, -0.2) is 0 Å². The molecule has 2 heteroatoms. The van der Waals surface area contributed by atoms with Crippen molar-refractivity contribution in [3.63, 3.8) is 0 Å². The van der Waals surface area contributed by atoms with E-state index in [9.17, 15) is 0 Å². The molecule has 0 radical (unpaired) electrons. The van der Waals surface area contributed by atoms with Crippen LogP contribution in [0.5, 0.6) is 5.75 Å². The molecule has 0 heterocycles. The van der Waals surface area contributed by atoms with Crippen molar-refractivity contribution in [1.29, 1.82) is 0 Å². The zero-order valence-electron chi connectivity index (χ0n) is 10.9. The molecule has 17 heavy (non-hydrogen) atoms. The minimum absolute atomic E-state index is 0.179. The van der Waals surface area contributed by atoms with Gasteiger partial charge in [0.2, 0.25) is 0 Å². The molecule has 0 aliphatic rings. The van der Waals surface area contributed by atoms with Gasteiger partial charge in [-0.15, -0.1) is 6.42 Å². The number of rotatable bonds is 6. The molecular formula is C15H21NO. The number of hydrogen-bond acceptors (Lipinski definition) is 2. The lowest BCUT2D eigenvalue weighted by molar-refractivity contribution is 0.368. The number of terminal acetylenes is 1. The summed E-state index contributed by atoms with van der Waals surface area (Å²) in [5.41, 5.74) is 1.43. The molecule has 0 saturated heterocycles. The third-order valence-corrected chi connectivity index (χ3v) is 2.90. The summed E-state index contributed by atoms with van der Waals surface area (Å²) in [7, 11) is 0.